The second-order valence-corrected chi connectivity index (χ2v) is 7.26. The zero-order valence-electron chi connectivity index (χ0n) is 17.3. The molecule has 0 spiro atoms. The van der Waals surface area contributed by atoms with Crippen molar-refractivity contribution in [2.75, 3.05) is 0 Å². The number of carbonyl (C=O) groups excluding carboxylic acids is 1. The largest absolute Gasteiger partial charge is 0.478 e. The van der Waals surface area contributed by atoms with E-state index < -0.39 is 53.8 Å². The molecule has 0 saturated carbocycles. The van der Waals surface area contributed by atoms with E-state index in [1.165, 1.54) is 37.3 Å². The molecule has 1 heterocycles. The number of alkyl halides is 6. The van der Waals surface area contributed by atoms with Crippen LogP contribution in [0, 0.1) is 0 Å². The van der Waals surface area contributed by atoms with Crippen LogP contribution in [0.5, 0.6) is 0 Å². The van der Waals surface area contributed by atoms with Crippen LogP contribution in [0.15, 0.2) is 48.5 Å². The smallest absolute Gasteiger partial charge is 0.435 e. The Morgan fingerprint density at radius 3 is 2.24 bits per heavy atom. The number of hydrogen-bond acceptors (Lipinski definition) is 4. The van der Waals surface area contributed by atoms with Crippen molar-refractivity contribution in [3.63, 3.8) is 0 Å². The van der Waals surface area contributed by atoms with Gasteiger partial charge in [-0.25, -0.2) is 9.48 Å². The maximum atomic E-state index is 13.7. The number of nitrogens with zero attached hydrogens (tertiary/aromatic N) is 3. The molecule has 0 unspecified atom stereocenters. The molecule has 1 atom stereocenters. The molecule has 0 fully saturated rings. The predicted octanol–water partition coefficient (Wildman–Crippen LogP) is 4.55. The van der Waals surface area contributed by atoms with Gasteiger partial charge in [-0.3, -0.25) is 4.79 Å². The molecule has 7 nitrogen and oxygen atoms in total. The topological polar surface area (TPSA) is 97.1 Å². The third-order valence-electron chi connectivity index (χ3n) is 4.81. The first kappa shape index (κ1) is 24.7. The summed E-state index contributed by atoms with van der Waals surface area (Å²) in [6.45, 7) is 0.763. The number of carbonyl (C=O) groups is 2. The summed E-state index contributed by atoms with van der Waals surface area (Å²) in [4.78, 5) is 23.5. The zero-order valence-corrected chi connectivity index (χ0v) is 17.3. The van der Waals surface area contributed by atoms with Gasteiger partial charge in [-0.05, 0) is 42.3 Å². The van der Waals surface area contributed by atoms with Gasteiger partial charge < -0.3 is 10.4 Å². The van der Waals surface area contributed by atoms with Crippen LogP contribution in [0.4, 0.5) is 26.3 Å². The zero-order chi connectivity index (χ0) is 25.3. The lowest BCUT2D eigenvalue weighted by atomic mass is 10.1. The highest BCUT2D eigenvalue weighted by atomic mass is 19.4. The van der Waals surface area contributed by atoms with Crippen molar-refractivity contribution in [3.05, 3.63) is 82.2 Å². The molecule has 1 amide bonds. The molecule has 1 aromatic heterocycles. The van der Waals surface area contributed by atoms with Crippen LogP contribution in [-0.4, -0.2) is 32.0 Å². The minimum atomic E-state index is -5.08. The van der Waals surface area contributed by atoms with Gasteiger partial charge >= 0.3 is 18.3 Å². The molecule has 0 aliphatic carbocycles. The van der Waals surface area contributed by atoms with Gasteiger partial charge in [-0.2, -0.15) is 26.3 Å². The molecular formula is C21H16F6N4O3. The van der Waals surface area contributed by atoms with E-state index in [1.807, 2.05) is 0 Å². The Labute approximate surface area is 188 Å². The summed E-state index contributed by atoms with van der Waals surface area (Å²) < 4.78 is 80.3. The molecule has 13 heteroatoms. The highest BCUT2D eigenvalue weighted by Gasteiger charge is 2.42. The fourth-order valence-electron chi connectivity index (χ4n) is 3.14. The van der Waals surface area contributed by atoms with E-state index in [-0.39, 0.29) is 11.1 Å². The summed E-state index contributed by atoms with van der Waals surface area (Å²) in [7, 11) is 0. The van der Waals surface area contributed by atoms with Crippen molar-refractivity contribution in [1.82, 2.24) is 20.3 Å². The normalized spacial score (nSPS) is 12.9. The van der Waals surface area contributed by atoms with Crippen LogP contribution in [0.3, 0.4) is 0 Å². The minimum Gasteiger partial charge on any atom is -0.478 e. The predicted molar refractivity (Wildman–Crippen MR) is 105 cm³/mol. The van der Waals surface area contributed by atoms with Crippen LogP contribution >= 0.6 is 0 Å². The summed E-state index contributed by atoms with van der Waals surface area (Å²) in [6.07, 6.45) is -9.76. The fourth-order valence-corrected chi connectivity index (χ4v) is 3.14. The average Bonchev–Trinajstić information content (AvgIpc) is 3.17. The van der Waals surface area contributed by atoms with E-state index in [9.17, 15) is 35.9 Å². The molecule has 180 valence electrons. The van der Waals surface area contributed by atoms with E-state index in [4.69, 9.17) is 5.11 Å². The monoisotopic (exact) mass is 486 g/mol. The lowest BCUT2D eigenvalue weighted by Crippen LogP contribution is -2.29. The van der Waals surface area contributed by atoms with Crippen molar-refractivity contribution in [2.45, 2.75) is 31.9 Å². The number of aromatic carboxylic acids is 1. The van der Waals surface area contributed by atoms with Gasteiger partial charge in [0.15, 0.2) is 11.4 Å². The minimum absolute atomic E-state index is 0.0147. The molecule has 0 bridgehead atoms. The molecule has 34 heavy (non-hydrogen) atoms. The number of rotatable bonds is 6. The first-order valence-electron chi connectivity index (χ1n) is 9.58. The highest BCUT2D eigenvalue weighted by Crippen LogP contribution is 2.33. The summed E-state index contributed by atoms with van der Waals surface area (Å²) in [5.41, 5.74) is -3.32. The maximum absolute atomic E-state index is 13.7. The molecule has 0 radical (unpaired) electrons. The van der Waals surface area contributed by atoms with Gasteiger partial charge in [0.2, 0.25) is 0 Å². The van der Waals surface area contributed by atoms with Gasteiger partial charge in [0.25, 0.3) is 5.91 Å². The van der Waals surface area contributed by atoms with E-state index in [2.05, 4.69) is 15.6 Å². The van der Waals surface area contributed by atoms with Gasteiger partial charge in [-0.1, -0.05) is 29.5 Å². The SMILES string of the molecule is C[C@H](NC(=O)c1nnn(Cc2cccc(C(F)(F)F)c2)c1C(F)(F)F)c1ccc(C(=O)O)cc1. The molecule has 3 rings (SSSR count). The Balaban J connectivity index is 1.86. The fraction of sp³-hybridized carbons (Fsp3) is 0.238. The summed E-state index contributed by atoms with van der Waals surface area (Å²) >= 11 is 0. The number of amides is 1. The average molecular weight is 486 g/mol. The number of aromatic nitrogens is 3. The maximum Gasteiger partial charge on any atom is 0.435 e. The number of carboxylic acids is 1. The second kappa shape index (κ2) is 9.15. The van der Waals surface area contributed by atoms with Gasteiger partial charge in [0, 0.05) is 0 Å². The van der Waals surface area contributed by atoms with Crippen molar-refractivity contribution < 1.29 is 41.0 Å². The van der Waals surface area contributed by atoms with Crippen molar-refractivity contribution >= 4 is 11.9 Å². The number of benzene rings is 2. The molecule has 0 saturated heterocycles. The Bertz CT molecular complexity index is 1200. The van der Waals surface area contributed by atoms with Crippen LogP contribution in [-0.2, 0) is 18.9 Å². The summed E-state index contributed by atoms with van der Waals surface area (Å²) in [5, 5.41) is 17.9. The standard InChI is InChI=1S/C21H16F6N4O3/c1-11(13-5-7-14(8-6-13)19(33)34)28-18(32)16-17(21(25,26)27)31(30-29-16)10-12-3-2-4-15(9-12)20(22,23)24/h2-9,11H,10H2,1H3,(H,28,32)(H,33,34)/t11-/m0/s1. The van der Waals surface area contributed by atoms with Crippen LogP contribution < -0.4 is 5.32 Å². The quantitative estimate of drug-likeness (QED) is 0.499. The van der Waals surface area contributed by atoms with Gasteiger partial charge in [0.1, 0.15) is 0 Å². The Morgan fingerprint density at radius 2 is 1.68 bits per heavy atom. The van der Waals surface area contributed by atoms with E-state index in [1.54, 1.807) is 0 Å². The Hall–Kier alpha value is -3.90. The Kier molecular flexibility index (Phi) is 6.66. The second-order valence-electron chi connectivity index (χ2n) is 7.26. The number of halogens is 6. The third kappa shape index (κ3) is 5.53. The summed E-state index contributed by atoms with van der Waals surface area (Å²) in [5.74, 6) is -2.38. The van der Waals surface area contributed by atoms with Crippen LogP contribution in [0.25, 0.3) is 0 Å². The first-order chi connectivity index (χ1) is 15.8. The molecule has 2 N–H and O–H groups in total. The highest BCUT2D eigenvalue weighted by molar-refractivity contribution is 5.93. The van der Waals surface area contributed by atoms with Gasteiger partial charge in [-0.15, -0.1) is 5.10 Å². The lowest BCUT2D eigenvalue weighted by molar-refractivity contribution is -0.144. The van der Waals surface area contributed by atoms with E-state index in [0.717, 1.165) is 12.1 Å². The Morgan fingerprint density at radius 1 is 1.03 bits per heavy atom. The summed E-state index contributed by atoms with van der Waals surface area (Å²) in [6, 6.07) is 8.22. The first-order valence-corrected chi connectivity index (χ1v) is 9.58. The van der Waals surface area contributed by atoms with Crippen molar-refractivity contribution in [1.29, 1.82) is 0 Å². The third-order valence-corrected chi connectivity index (χ3v) is 4.81. The number of hydrogen-bond donors (Lipinski definition) is 2. The molecule has 3 aromatic rings. The number of nitrogens with one attached hydrogen (secondary N) is 1. The van der Waals surface area contributed by atoms with Crippen molar-refractivity contribution in [3.8, 4) is 0 Å². The molecule has 2 aromatic carbocycles. The molecule has 0 aliphatic rings. The van der Waals surface area contributed by atoms with E-state index in [0.29, 0.717) is 16.3 Å². The van der Waals surface area contributed by atoms with Gasteiger partial charge in [0.05, 0.1) is 23.7 Å². The molecule has 0 aliphatic heterocycles. The number of carboxylic acid groups (broad SMARTS) is 1. The van der Waals surface area contributed by atoms with E-state index >= 15 is 0 Å². The molecular weight excluding hydrogens is 470 g/mol. The lowest BCUT2D eigenvalue weighted by Gasteiger charge is -2.15. The van der Waals surface area contributed by atoms with Crippen molar-refractivity contribution in [2.24, 2.45) is 0 Å². The van der Waals surface area contributed by atoms with Crippen LogP contribution in [0.2, 0.25) is 0 Å². The van der Waals surface area contributed by atoms with Crippen LogP contribution in [0.1, 0.15) is 56.2 Å².